The van der Waals surface area contributed by atoms with Gasteiger partial charge in [-0.2, -0.15) is 0 Å². The third-order valence-corrected chi connectivity index (χ3v) is 10.2. The molecule has 7 aromatic carbocycles. The Morgan fingerprint density at radius 3 is 1.02 bits per heavy atom. The molecular formula is C52H34N2O. The summed E-state index contributed by atoms with van der Waals surface area (Å²) in [6.07, 6.45) is 0. The zero-order valence-electron chi connectivity index (χ0n) is 29.9. The van der Waals surface area contributed by atoms with Crippen LogP contribution in [0.2, 0.25) is 0 Å². The maximum absolute atomic E-state index is 6.39. The highest BCUT2D eigenvalue weighted by Gasteiger charge is 2.16. The van der Waals surface area contributed by atoms with Crippen molar-refractivity contribution in [2.75, 3.05) is 0 Å². The summed E-state index contributed by atoms with van der Waals surface area (Å²) in [6.45, 7) is 0. The molecule has 3 aromatic heterocycles. The van der Waals surface area contributed by atoms with Crippen molar-refractivity contribution in [1.29, 1.82) is 0 Å². The second-order valence-electron chi connectivity index (χ2n) is 13.8. The molecular weight excluding hydrogens is 669 g/mol. The Balaban J connectivity index is 1.22. The van der Waals surface area contributed by atoms with E-state index in [1.165, 1.54) is 0 Å². The highest BCUT2D eigenvalue weighted by molar-refractivity contribution is 6.06. The first-order valence-electron chi connectivity index (χ1n) is 18.6. The van der Waals surface area contributed by atoms with Gasteiger partial charge in [-0.05, 0) is 94.0 Å². The fraction of sp³-hybridized carbons (Fsp3) is 0. The molecule has 3 heteroatoms. The number of fused-ring (bicyclic) bond motifs is 3. The van der Waals surface area contributed by atoms with E-state index in [0.717, 1.165) is 100 Å². The van der Waals surface area contributed by atoms with Crippen molar-refractivity contribution in [1.82, 2.24) is 9.97 Å². The number of benzene rings is 7. The minimum atomic E-state index is 0.869. The number of aromatic nitrogens is 2. The largest absolute Gasteiger partial charge is 0.456 e. The third-order valence-electron chi connectivity index (χ3n) is 10.2. The molecule has 0 saturated carbocycles. The predicted octanol–water partition coefficient (Wildman–Crippen LogP) is 14.0. The number of furan rings is 1. The van der Waals surface area contributed by atoms with Gasteiger partial charge in [-0.3, -0.25) is 0 Å². The molecule has 0 aliphatic rings. The van der Waals surface area contributed by atoms with Crippen molar-refractivity contribution in [2.45, 2.75) is 0 Å². The Bertz CT molecular complexity index is 2690. The van der Waals surface area contributed by atoms with Crippen molar-refractivity contribution in [3.05, 3.63) is 206 Å². The molecule has 258 valence electrons. The molecule has 0 saturated heterocycles. The van der Waals surface area contributed by atoms with Crippen molar-refractivity contribution in [2.24, 2.45) is 0 Å². The first-order valence-corrected chi connectivity index (χ1v) is 18.6. The first-order chi connectivity index (χ1) is 27.2. The monoisotopic (exact) mass is 702 g/mol. The number of rotatable bonds is 7. The van der Waals surface area contributed by atoms with E-state index in [0.29, 0.717) is 0 Å². The van der Waals surface area contributed by atoms with E-state index >= 15 is 0 Å². The van der Waals surface area contributed by atoms with Crippen LogP contribution in [-0.2, 0) is 0 Å². The SMILES string of the molecule is c1ccc(-c2cc(-c3cc(-c4cc(-c5ccccc5)nc(-c5ccccc5)c4)cc(-c4ccc5c(c4)oc4ccccc45)c3)cc(-c3ccccc3)n2)cc1. The number of nitrogens with zero attached hydrogens (tertiary/aromatic N) is 2. The molecule has 0 aliphatic heterocycles. The van der Waals surface area contributed by atoms with Crippen LogP contribution in [0.25, 0.3) is 100 Å². The average Bonchev–Trinajstić information content (AvgIpc) is 3.65. The molecule has 55 heavy (non-hydrogen) atoms. The summed E-state index contributed by atoms with van der Waals surface area (Å²) in [5.41, 5.74) is 16.3. The lowest BCUT2D eigenvalue weighted by atomic mass is 9.91. The summed E-state index contributed by atoms with van der Waals surface area (Å²) in [5.74, 6) is 0. The van der Waals surface area contributed by atoms with E-state index in [9.17, 15) is 0 Å². The van der Waals surface area contributed by atoms with Gasteiger partial charge in [0.2, 0.25) is 0 Å². The van der Waals surface area contributed by atoms with Gasteiger partial charge in [0, 0.05) is 33.0 Å². The molecule has 0 amide bonds. The molecule has 0 radical (unpaired) electrons. The minimum absolute atomic E-state index is 0.869. The third kappa shape index (κ3) is 6.39. The maximum Gasteiger partial charge on any atom is 0.136 e. The molecule has 10 aromatic rings. The topological polar surface area (TPSA) is 38.9 Å². The number of hydrogen-bond donors (Lipinski definition) is 0. The van der Waals surface area contributed by atoms with Crippen molar-refractivity contribution in [3.63, 3.8) is 0 Å². The average molecular weight is 703 g/mol. The summed E-state index contributed by atoms with van der Waals surface area (Å²) in [5, 5.41) is 2.23. The van der Waals surface area contributed by atoms with E-state index in [2.05, 4.69) is 170 Å². The number of para-hydroxylation sites is 1. The van der Waals surface area contributed by atoms with Crippen LogP contribution in [0.3, 0.4) is 0 Å². The van der Waals surface area contributed by atoms with E-state index in [4.69, 9.17) is 14.4 Å². The Hall–Kier alpha value is -7.36. The van der Waals surface area contributed by atoms with Crippen molar-refractivity contribution in [3.8, 4) is 78.4 Å². The fourth-order valence-corrected chi connectivity index (χ4v) is 7.45. The number of pyridine rings is 2. The van der Waals surface area contributed by atoms with Crippen LogP contribution in [0.15, 0.2) is 211 Å². The van der Waals surface area contributed by atoms with Gasteiger partial charge in [0.15, 0.2) is 0 Å². The van der Waals surface area contributed by atoms with Crippen molar-refractivity contribution < 1.29 is 4.42 Å². The van der Waals surface area contributed by atoms with Gasteiger partial charge in [-0.25, -0.2) is 9.97 Å². The Morgan fingerprint density at radius 1 is 0.236 bits per heavy atom. The van der Waals surface area contributed by atoms with Crippen LogP contribution >= 0.6 is 0 Å². The Morgan fingerprint density at radius 2 is 0.582 bits per heavy atom. The molecule has 0 spiro atoms. The second kappa shape index (κ2) is 13.9. The first kappa shape index (κ1) is 32.3. The molecule has 10 rings (SSSR count). The van der Waals surface area contributed by atoms with Crippen LogP contribution in [0.1, 0.15) is 0 Å². The van der Waals surface area contributed by atoms with Crippen molar-refractivity contribution >= 4 is 21.9 Å². The molecule has 3 nitrogen and oxygen atoms in total. The smallest absolute Gasteiger partial charge is 0.136 e. The predicted molar refractivity (Wildman–Crippen MR) is 227 cm³/mol. The second-order valence-corrected chi connectivity index (χ2v) is 13.8. The van der Waals surface area contributed by atoms with Crippen LogP contribution in [0.4, 0.5) is 0 Å². The lowest BCUT2D eigenvalue weighted by Crippen LogP contribution is -1.94. The lowest BCUT2D eigenvalue weighted by Gasteiger charge is -2.15. The summed E-state index contributed by atoms with van der Waals surface area (Å²) >= 11 is 0. The quantitative estimate of drug-likeness (QED) is 0.166. The zero-order chi connectivity index (χ0) is 36.6. The van der Waals surface area contributed by atoms with Crippen LogP contribution < -0.4 is 0 Å². The zero-order valence-corrected chi connectivity index (χ0v) is 29.9. The van der Waals surface area contributed by atoms with Gasteiger partial charge in [0.25, 0.3) is 0 Å². The molecule has 0 aliphatic carbocycles. The summed E-state index contributed by atoms with van der Waals surface area (Å²) in [4.78, 5) is 10.4. The van der Waals surface area contributed by atoms with E-state index < -0.39 is 0 Å². The Labute approximate surface area is 319 Å². The van der Waals surface area contributed by atoms with E-state index in [1.807, 2.05) is 36.4 Å². The summed E-state index contributed by atoms with van der Waals surface area (Å²) in [7, 11) is 0. The molecule has 0 atom stereocenters. The molecule has 3 heterocycles. The van der Waals surface area contributed by atoms with Gasteiger partial charge in [-0.15, -0.1) is 0 Å². The number of hydrogen-bond acceptors (Lipinski definition) is 3. The van der Waals surface area contributed by atoms with Gasteiger partial charge in [0.05, 0.1) is 22.8 Å². The standard InChI is InChI=1S/C52H34N2O/c1-5-15-35(16-6-1)47-30-43(31-48(53-47)36-17-7-2-8-18-36)41-27-40(39-25-26-46-45-23-13-14-24-51(45)55-52(46)34-39)28-42(29-41)44-32-49(37-19-9-3-10-20-37)54-50(33-44)38-21-11-4-12-22-38/h1-34H. The highest BCUT2D eigenvalue weighted by atomic mass is 16.3. The minimum Gasteiger partial charge on any atom is -0.456 e. The van der Waals surface area contributed by atoms with Crippen LogP contribution in [-0.4, -0.2) is 9.97 Å². The van der Waals surface area contributed by atoms with Gasteiger partial charge in [-0.1, -0.05) is 146 Å². The lowest BCUT2D eigenvalue weighted by molar-refractivity contribution is 0.669. The maximum atomic E-state index is 6.39. The van der Waals surface area contributed by atoms with Gasteiger partial charge < -0.3 is 4.42 Å². The normalized spacial score (nSPS) is 11.3. The van der Waals surface area contributed by atoms with Gasteiger partial charge >= 0.3 is 0 Å². The van der Waals surface area contributed by atoms with Crippen LogP contribution in [0, 0.1) is 0 Å². The molecule has 0 fully saturated rings. The van der Waals surface area contributed by atoms with Gasteiger partial charge in [0.1, 0.15) is 11.2 Å². The van der Waals surface area contributed by atoms with E-state index in [-0.39, 0.29) is 0 Å². The Kier molecular flexibility index (Phi) is 8.16. The summed E-state index contributed by atoms with van der Waals surface area (Å²) < 4.78 is 6.39. The molecule has 0 bridgehead atoms. The van der Waals surface area contributed by atoms with E-state index in [1.54, 1.807) is 0 Å². The molecule has 0 unspecified atom stereocenters. The fourth-order valence-electron chi connectivity index (χ4n) is 7.45. The molecule has 0 N–H and O–H groups in total. The highest BCUT2D eigenvalue weighted by Crippen LogP contribution is 2.39. The van der Waals surface area contributed by atoms with Crippen LogP contribution in [0.5, 0.6) is 0 Å². The summed E-state index contributed by atoms with van der Waals surface area (Å²) in [6, 6.07) is 72.2.